The minimum Gasteiger partial charge on any atom is -0.490 e. The van der Waals surface area contributed by atoms with Crippen molar-refractivity contribution in [3.63, 3.8) is 0 Å². The molecule has 2 aliphatic heterocycles. The van der Waals surface area contributed by atoms with Crippen molar-refractivity contribution in [1.29, 1.82) is 0 Å². The number of likely N-dealkylation sites (tertiary alicyclic amines) is 1. The molecule has 2 saturated heterocycles. The third kappa shape index (κ3) is 6.04. The van der Waals surface area contributed by atoms with Crippen LogP contribution in [-0.2, 0) is 16.1 Å². The van der Waals surface area contributed by atoms with Crippen molar-refractivity contribution in [2.45, 2.75) is 39.2 Å². The van der Waals surface area contributed by atoms with Gasteiger partial charge < -0.3 is 24.4 Å². The summed E-state index contributed by atoms with van der Waals surface area (Å²) in [5, 5.41) is 7.26. The molecule has 2 aromatic rings. The second kappa shape index (κ2) is 11.2. The maximum atomic E-state index is 12.9. The molecule has 0 radical (unpaired) electrons. The fourth-order valence-electron chi connectivity index (χ4n) is 4.16. The van der Waals surface area contributed by atoms with E-state index in [2.05, 4.69) is 10.4 Å². The van der Waals surface area contributed by atoms with Crippen molar-refractivity contribution >= 4 is 17.6 Å². The summed E-state index contributed by atoms with van der Waals surface area (Å²) in [7, 11) is 0. The average Bonchev–Trinajstić information content (AvgIpc) is 3.51. The number of piperidine rings is 1. The zero-order valence-electron chi connectivity index (χ0n) is 19.1. The van der Waals surface area contributed by atoms with Gasteiger partial charge in [-0.05, 0) is 50.8 Å². The molecule has 0 bridgehead atoms. The first kappa shape index (κ1) is 23.1. The lowest BCUT2D eigenvalue weighted by atomic mass is 10.1. The standard InChI is InChI=1S/C24H32N4O5/c1-2-32-21-14-19(6-7-20(21)33-17-23(29)27-11-4-3-5-12-27)24(30)26-22-8-10-25-28(22)15-18-9-13-31-16-18/h6-8,10,14,18H,2-5,9,11-13,15-17H2,1H3,(H,26,30)/t18-/m1/s1. The van der Waals surface area contributed by atoms with Gasteiger partial charge in [-0.2, -0.15) is 5.10 Å². The summed E-state index contributed by atoms with van der Waals surface area (Å²) in [6.07, 6.45) is 5.90. The van der Waals surface area contributed by atoms with Crippen LogP contribution < -0.4 is 14.8 Å². The Morgan fingerprint density at radius 2 is 2.00 bits per heavy atom. The molecule has 1 aromatic carbocycles. The quantitative estimate of drug-likeness (QED) is 0.623. The minimum atomic E-state index is -0.267. The third-order valence-electron chi connectivity index (χ3n) is 5.98. The predicted molar refractivity (Wildman–Crippen MR) is 123 cm³/mol. The Bertz CT molecular complexity index is 948. The number of carbonyl (C=O) groups is 2. The van der Waals surface area contributed by atoms with Gasteiger partial charge in [0, 0.05) is 43.8 Å². The molecular formula is C24H32N4O5. The van der Waals surface area contributed by atoms with Gasteiger partial charge in [0.15, 0.2) is 18.1 Å². The molecule has 2 fully saturated rings. The van der Waals surface area contributed by atoms with Crippen molar-refractivity contribution < 1.29 is 23.8 Å². The second-order valence-electron chi connectivity index (χ2n) is 8.41. The Kier molecular flexibility index (Phi) is 7.83. The molecule has 1 aromatic heterocycles. The van der Waals surface area contributed by atoms with Crippen LogP contribution in [-0.4, -0.2) is 66.0 Å². The second-order valence-corrected chi connectivity index (χ2v) is 8.41. The van der Waals surface area contributed by atoms with Crippen molar-refractivity contribution in [2.75, 3.05) is 44.8 Å². The number of amides is 2. The monoisotopic (exact) mass is 456 g/mol. The molecule has 4 rings (SSSR count). The SMILES string of the molecule is CCOc1cc(C(=O)Nc2ccnn2C[C@H]2CCOC2)ccc1OCC(=O)N1CCCCC1. The molecule has 0 spiro atoms. The summed E-state index contributed by atoms with van der Waals surface area (Å²) >= 11 is 0. The highest BCUT2D eigenvalue weighted by molar-refractivity contribution is 6.04. The largest absolute Gasteiger partial charge is 0.490 e. The molecule has 0 unspecified atom stereocenters. The van der Waals surface area contributed by atoms with Crippen molar-refractivity contribution in [1.82, 2.24) is 14.7 Å². The van der Waals surface area contributed by atoms with Gasteiger partial charge in [-0.3, -0.25) is 9.59 Å². The number of nitrogens with zero attached hydrogens (tertiary/aromatic N) is 3. The first-order valence-electron chi connectivity index (χ1n) is 11.7. The lowest BCUT2D eigenvalue weighted by Crippen LogP contribution is -2.38. The Balaban J connectivity index is 1.39. The summed E-state index contributed by atoms with van der Waals surface area (Å²) in [6.45, 7) is 5.98. The van der Waals surface area contributed by atoms with Gasteiger partial charge in [-0.25, -0.2) is 4.68 Å². The van der Waals surface area contributed by atoms with Gasteiger partial charge in [-0.1, -0.05) is 0 Å². The fourth-order valence-corrected chi connectivity index (χ4v) is 4.16. The maximum absolute atomic E-state index is 12.9. The van der Waals surface area contributed by atoms with Gasteiger partial charge >= 0.3 is 0 Å². The molecule has 1 atom stereocenters. The number of ether oxygens (including phenoxy) is 3. The van der Waals surface area contributed by atoms with Gasteiger partial charge in [0.05, 0.1) is 19.4 Å². The molecule has 9 heteroatoms. The average molecular weight is 457 g/mol. The number of hydrogen-bond donors (Lipinski definition) is 1. The zero-order valence-corrected chi connectivity index (χ0v) is 19.1. The minimum absolute atomic E-state index is 0.0279. The van der Waals surface area contributed by atoms with Crippen LogP contribution in [0.5, 0.6) is 11.5 Å². The summed E-state index contributed by atoms with van der Waals surface area (Å²) in [4.78, 5) is 27.2. The number of nitrogens with one attached hydrogen (secondary N) is 1. The Hall–Kier alpha value is -3.07. The highest BCUT2D eigenvalue weighted by Crippen LogP contribution is 2.29. The summed E-state index contributed by atoms with van der Waals surface area (Å²) < 4.78 is 18.7. The van der Waals surface area contributed by atoms with Gasteiger partial charge in [0.25, 0.3) is 11.8 Å². The van der Waals surface area contributed by atoms with Crippen LogP contribution in [0.4, 0.5) is 5.82 Å². The van der Waals surface area contributed by atoms with Crippen LogP contribution in [0.15, 0.2) is 30.5 Å². The molecule has 2 amide bonds. The number of rotatable bonds is 9. The van der Waals surface area contributed by atoms with E-state index in [0.29, 0.717) is 48.6 Å². The smallest absolute Gasteiger partial charge is 0.260 e. The van der Waals surface area contributed by atoms with Gasteiger partial charge in [0.1, 0.15) is 5.82 Å². The molecule has 2 aliphatic rings. The molecule has 178 valence electrons. The molecule has 33 heavy (non-hydrogen) atoms. The summed E-state index contributed by atoms with van der Waals surface area (Å²) in [5.74, 6) is 1.63. The zero-order chi connectivity index (χ0) is 23.0. The number of hydrogen-bond acceptors (Lipinski definition) is 6. The topological polar surface area (TPSA) is 94.9 Å². The van der Waals surface area contributed by atoms with Crippen LogP contribution in [0.2, 0.25) is 0 Å². The molecular weight excluding hydrogens is 424 g/mol. The van der Waals surface area contributed by atoms with E-state index in [1.165, 1.54) is 6.42 Å². The number of benzene rings is 1. The maximum Gasteiger partial charge on any atom is 0.260 e. The van der Waals surface area contributed by atoms with E-state index in [-0.39, 0.29) is 18.4 Å². The van der Waals surface area contributed by atoms with Crippen LogP contribution in [0.25, 0.3) is 0 Å². The fraction of sp³-hybridized carbons (Fsp3) is 0.542. The van der Waals surface area contributed by atoms with E-state index >= 15 is 0 Å². The van der Waals surface area contributed by atoms with E-state index < -0.39 is 0 Å². The van der Waals surface area contributed by atoms with E-state index in [9.17, 15) is 9.59 Å². The van der Waals surface area contributed by atoms with Crippen LogP contribution in [0, 0.1) is 5.92 Å². The first-order valence-corrected chi connectivity index (χ1v) is 11.7. The molecule has 9 nitrogen and oxygen atoms in total. The van der Waals surface area contributed by atoms with Crippen LogP contribution >= 0.6 is 0 Å². The normalized spacial score (nSPS) is 18.2. The highest BCUT2D eigenvalue weighted by atomic mass is 16.5. The van der Waals surface area contributed by atoms with E-state index in [4.69, 9.17) is 14.2 Å². The first-order chi connectivity index (χ1) is 16.1. The van der Waals surface area contributed by atoms with E-state index in [1.54, 1.807) is 35.1 Å². The molecule has 0 saturated carbocycles. The number of carbonyl (C=O) groups excluding carboxylic acids is 2. The van der Waals surface area contributed by atoms with Gasteiger partial charge in [-0.15, -0.1) is 0 Å². The molecule has 0 aliphatic carbocycles. The summed E-state index contributed by atoms with van der Waals surface area (Å²) in [5.41, 5.74) is 0.435. The highest BCUT2D eigenvalue weighted by Gasteiger charge is 2.20. The van der Waals surface area contributed by atoms with E-state index in [1.807, 2.05) is 11.8 Å². The molecule has 1 N–H and O–H groups in total. The van der Waals surface area contributed by atoms with Crippen LogP contribution in [0.3, 0.4) is 0 Å². The van der Waals surface area contributed by atoms with E-state index in [0.717, 1.165) is 39.0 Å². The number of anilines is 1. The van der Waals surface area contributed by atoms with Gasteiger partial charge in [0.2, 0.25) is 0 Å². The Morgan fingerprint density at radius 3 is 2.76 bits per heavy atom. The third-order valence-corrected chi connectivity index (χ3v) is 5.98. The molecule has 3 heterocycles. The van der Waals surface area contributed by atoms with Crippen molar-refractivity contribution in [3.05, 3.63) is 36.0 Å². The Labute approximate surface area is 194 Å². The van der Waals surface area contributed by atoms with Crippen LogP contribution in [0.1, 0.15) is 43.0 Å². The Morgan fingerprint density at radius 1 is 1.15 bits per heavy atom. The lowest BCUT2D eigenvalue weighted by Gasteiger charge is -2.26. The number of aromatic nitrogens is 2. The predicted octanol–water partition coefficient (Wildman–Crippen LogP) is 2.96. The summed E-state index contributed by atoms with van der Waals surface area (Å²) in [6, 6.07) is 6.77. The van der Waals surface area contributed by atoms with Crippen molar-refractivity contribution in [3.8, 4) is 11.5 Å². The van der Waals surface area contributed by atoms with Crippen molar-refractivity contribution in [2.24, 2.45) is 5.92 Å². The lowest BCUT2D eigenvalue weighted by molar-refractivity contribution is -0.134.